The van der Waals surface area contributed by atoms with Crippen LogP contribution in [0.1, 0.15) is 45.4 Å². The van der Waals surface area contributed by atoms with E-state index in [0.29, 0.717) is 6.04 Å². The van der Waals surface area contributed by atoms with Crippen molar-refractivity contribution in [2.24, 2.45) is 0 Å². The van der Waals surface area contributed by atoms with Crippen molar-refractivity contribution in [2.45, 2.75) is 51.5 Å². The van der Waals surface area contributed by atoms with Crippen molar-refractivity contribution in [3.05, 3.63) is 6.54 Å². The van der Waals surface area contributed by atoms with E-state index in [1.807, 2.05) is 6.92 Å². The summed E-state index contributed by atoms with van der Waals surface area (Å²) in [6, 6.07) is 0.330. The molecule has 3 nitrogen and oxygen atoms in total. The predicted molar refractivity (Wildman–Crippen MR) is 53.1 cm³/mol. The van der Waals surface area contributed by atoms with Gasteiger partial charge in [-0.2, -0.15) is 0 Å². The van der Waals surface area contributed by atoms with Crippen LogP contribution in [0.4, 0.5) is 4.79 Å². The molecule has 1 radical (unpaired) electrons. The molecule has 1 aliphatic carbocycles. The highest BCUT2D eigenvalue weighted by Crippen LogP contribution is 2.16. The zero-order valence-electron chi connectivity index (χ0n) is 8.31. The van der Waals surface area contributed by atoms with E-state index in [9.17, 15) is 4.79 Å². The molecule has 2 amide bonds. The maximum Gasteiger partial charge on any atom is 0.315 e. The van der Waals surface area contributed by atoms with Crippen LogP contribution in [0.15, 0.2) is 0 Å². The van der Waals surface area contributed by atoms with Crippen molar-refractivity contribution in [2.75, 3.05) is 0 Å². The van der Waals surface area contributed by atoms with Gasteiger partial charge in [-0.3, -0.25) is 0 Å². The smallest absolute Gasteiger partial charge is 0.315 e. The van der Waals surface area contributed by atoms with Crippen LogP contribution in [0.3, 0.4) is 0 Å². The number of rotatable bonds is 2. The van der Waals surface area contributed by atoms with E-state index in [4.69, 9.17) is 0 Å². The number of hydrogen-bond donors (Lipinski definition) is 2. The first-order chi connectivity index (χ1) is 6.33. The molecule has 0 aromatic carbocycles. The maximum atomic E-state index is 11.2. The van der Waals surface area contributed by atoms with E-state index in [1.165, 1.54) is 25.7 Å². The Morgan fingerprint density at radius 2 is 1.85 bits per heavy atom. The molecule has 1 aliphatic rings. The maximum absolute atomic E-state index is 11.2. The highest BCUT2D eigenvalue weighted by atomic mass is 16.2. The molecule has 13 heavy (non-hydrogen) atoms. The second-order valence-corrected chi connectivity index (χ2v) is 3.59. The largest absolute Gasteiger partial charge is 0.335 e. The second kappa shape index (κ2) is 5.84. The van der Waals surface area contributed by atoms with Crippen LogP contribution in [0, 0.1) is 6.54 Å². The molecule has 0 saturated heterocycles. The van der Waals surface area contributed by atoms with Crippen LogP contribution in [0.2, 0.25) is 0 Å². The summed E-state index contributed by atoms with van der Waals surface area (Å²) in [6.07, 6.45) is 7.41. The van der Waals surface area contributed by atoms with E-state index in [0.717, 1.165) is 12.8 Å². The summed E-state index contributed by atoms with van der Waals surface area (Å²) in [7, 11) is 0. The first-order valence-corrected chi connectivity index (χ1v) is 5.18. The fourth-order valence-corrected chi connectivity index (χ4v) is 1.78. The fraction of sp³-hybridized carbons (Fsp3) is 0.800. The van der Waals surface area contributed by atoms with Gasteiger partial charge in [0.1, 0.15) is 0 Å². The van der Waals surface area contributed by atoms with Gasteiger partial charge in [-0.1, -0.05) is 25.7 Å². The third-order valence-electron chi connectivity index (χ3n) is 2.47. The van der Waals surface area contributed by atoms with Crippen LogP contribution in [-0.4, -0.2) is 12.1 Å². The predicted octanol–water partition coefficient (Wildman–Crippen LogP) is 2.19. The van der Waals surface area contributed by atoms with Crippen LogP contribution in [0.25, 0.3) is 0 Å². The quantitative estimate of drug-likeness (QED) is 0.633. The molecule has 75 valence electrons. The number of urea groups is 1. The number of amides is 2. The van der Waals surface area contributed by atoms with Gasteiger partial charge in [0, 0.05) is 12.6 Å². The zero-order valence-corrected chi connectivity index (χ0v) is 8.31. The number of nitrogens with one attached hydrogen (secondary N) is 2. The number of carbonyl (C=O) groups is 1. The Bertz CT molecular complexity index is 151. The highest BCUT2D eigenvalue weighted by Gasteiger charge is 2.13. The normalized spacial score (nSPS) is 19.2. The molecule has 0 aromatic heterocycles. The molecule has 1 saturated carbocycles. The zero-order chi connectivity index (χ0) is 9.52. The Morgan fingerprint density at radius 3 is 2.38 bits per heavy atom. The van der Waals surface area contributed by atoms with Gasteiger partial charge in [-0.05, 0) is 19.8 Å². The van der Waals surface area contributed by atoms with Crippen LogP contribution >= 0.6 is 0 Å². The Labute approximate surface area is 80.3 Å². The molecule has 3 heteroatoms. The van der Waals surface area contributed by atoms with Gasteiger partial charge in [0.15, 0.2) is 0 Å². The molecule has 1 rings (SSSR count). The monoisotopic (exact) mass is 183 g/mol. The average Bonchev–Trinajstić information content (AvgIpc) is 2.33. The van der Waals surface area contributed by atoms with E-state index in [2.05, 4.69) is 10.6 Å². The molecule has 0 atom stereocenters. The van der Waals surface area contributed by atoms with Gasteiger partial charge >= 0.3 is 6.03 Å². The van der Waals surface area contributed by atoms with Gasteiger partial charge < -0.3 is 10.6 Å². The van der Waals surface area contributed by atoms with Gasteiger partial charge in [0.2, 0.25) is 0 Å². The Kier molecular flexibility index (Phi) is 4.65. The summed E-state index contributed by atoms with van der Waals surface area (Å²) in [6.45, 7) is 3.47. The highest BCUT2D eigenvalue weighted by molar-refractivity contribution is 5.74. The lowest BCUT2D eigenvalue weighted by Crippen LogP contribution is -2.40. The molecule has 0 bridgehead atoms. The Balaban J connectivity index is 2.21. The van der Waals surface area contributed by atoms with E-state index in [1.54, 1.807) is 6.54 Å². The second-order valence-electron chi connectivity index (χ2n) is 3.59. The van der Waals surface area contributed by atoms with Crippen LogP contribution in [-0.2, 0) is 0 Å². The van der Waals surface area contributed by atoms with Crippen LogP contribution in [0.5, 0.6) is 0 Å². The lowest BCUT2D eigenvalue weighted by molar-refractivity contribution is 0.238. The molecule has 0 spiro atoms. The molecule has 2 N–H and O–H groups in total. The molecule has 0 unspecified atom stereocenters. The summed E-state index contributed by atoms with van der Waals surface area (Å²) in [5.41, 5.74) is 0. The number of hydrogen-bond acceptors (Lipinski definition) is 1. The summed E-state index contributed by atoms with van der Waals surface area (Å²) in [5.74, 6) is 0. The molecule has 0 aliphatic heterocycles. The van der Waals surface area contributed by atoms with Crippen molar-refractivity contribution in [1.82, 2.24) is 10.6 Å². The topological polar surface area (TPSA) is 41.1 Å². The van der Waals surface area contributed by atoms with Gasteiger partial charge in [0.05, 0.1) is 0 Å². The fourth-order valence-electron chi connectivity index (χ4n) is 1.78. The SMILES string of the molecule is C[CH]NC(=O)NC1CCCCCC1. The Morgan fingerprint density at radius 1 is 1.23 bits per heavy atom. The van der Waals surface area contributed by atoms with E-state index in [-0.39, 0.29) is 6.03 Å². The molecule has 0 heterocycles. The van der Waals surface area contributed by atoms with Crippen molar-refractivity contribution in [3.63, 3.8) is 0 Å². The van der Waals surface area contributed by atoms with Crippen molar-refractivity contribution in [1.29, 1.82) is 0 Å². The van der Waals surface area contributed by atoms with Crippen LogP contribution < -0.4 is 10.6 Å². The minimum absolute atomic E-state index is 0.0607. The number of carbonyl (C=O) groups excluding carboxylic acids is 1. The average molecular weight is 183 g/mol. The van der Waals surface area contributed by atoms with Gasteiger partial charge in [-0.15, -0.1) is 0 Å². The third-order valence-corrected chi connectivity index (χ3v) is 2.47. The minimum Gasteiger partial charge on any atom is -0.335 e. The third kappa shape index (κ3) is 4.15. The summed E-state index contributed by atoms with van der Waals surface area (Å²) in [5, 5.41) is 5.62. The first kappa shape index (κ1) is 10.4. The van der Waals surface area contributed by atoms with Crippen molar-refractivity contribution >= 4 is 6.03 Å². The standard InChI is InChI=1S/C10H19N2O/c1-2-11-10(13)12-9-7-5-3-4-6-8-9/h2,9H,3-8H2,1H3,(H2,11,12,13). The molecular weight excluding hydrogens is 164 g/mol. The lowest BCUT2D eigenvalue weighted by Gasteiger charge is -2.15. The van der Waals surface area contributed by atoms with Crippen molar-refractivity contribution in [3.8, 4) is 0 Å². The van der Waals surface area contributed by atoms with E-state index < -0.39 is 0 Å². The molecule has 0 aromatic rings. The molecular formula is C10H19N2O. The van der Waals surface area contributed by atoms with Gasteiger partial charge in [0.25, 0.3) is 0 Å². The van der Waals surface area contributed by atoms with Gasteiger partial charge in [-0.25, -0.2) is 4.79 Å². The minimum atomic E-state index is -0.0607. The molecule has 1 fully saturated rings. The van der Waals surface area contributed by atoms with E-state index >= 15 is 0 Å². The summed E-state index contributed by atoms with van der Waals surface area (Å²) in [4.78, 5) is 11.2. The first-order valence-electron chi connectivity index (χ1n) is 5.18. The summed E-state index contributed by atoms with van der Waals surface area (Å²) < 4.78 is 0. The lowest BCUT2D eigenvalue weighted by atomic mass is 10.1. The van der Waals surface area contributed by atoms with Crippen molar-refractivity contribution < 1.29 is 4.79 Å². The summed E-state index contributed by atoms with van der Waals surface area (Å²) >= 11 is 0. The Hall–Kier alpha value is -0.730.